The van der Waals surface area contributed by atoms with Crippen LogP contribution < -0.4 is 0 Å². The van der Waals surface area contributed by atoms with E-state index in [0.29, 0.717) is 0 Å². The molecular weight excluding hydrogens is 168 g/mol. The number of carboxylic acids is 1. The van der Waals surface area contributed by atoms with Crippen molar-refractivity contribution in [3.05, 3.63) is 17.2 Å². The molecule has 0 unspecified atom stereocenters. The zero-order valence-corrected chi connectivity index (χ0v) is 7.58. The lowest BCUT2D eigenvalue weighted by atomic mass is 10.3. The third-order valence-corrected chi connectivity index (χ3v) is 2.47. The van der Waals surface area contributed by atoms with E-state index in [2.05, 4.69) is 4.98 Å². The number of nitrogens with zero attached hydrogens (tertiary/aromatic N) is 2. The molecule has 0 aromatic carbocycles. The Hall–Kier alpha value is -1.32. The number of hydrogen-bond acceptors (Lipinski definition) is 2. The van der Waals surface area contributed by atoms with Gasteiger partial charge in [-0.1, -0.05) is 0 Å². The van der Waals surface area contributed by atoms with Gasteiger partial charge in [0.15, 0.2) is 0 Å². The number of carbonyl (C=O) groups is 1. The molecule has 0 atom stereocenters. The van der Waals surface area contributed by atoms with Crippen LogP contribution in [0.4, 0.5) is 0 Å². The van der Waals surface area contributed by atoms with Crippen LogP contribution in [0.5, 0.6) is 0 Å². The molecule has 70 valence electrons. The van der Waals surface area contributed by atoms with Crippen LogP contribution in [-0.4, -0.2) is 20.6 Å². The van der Waals surface area contributed by atoms with E-state index in [0.717, 1.165) is 36.5 Å². The predicted octanol–water partition coefficient (Wildman–Crippen LogP) is 0.765. The molecule has 1 aliphatic rings. The van der Waals surface area contributed by atoms with Gasteiger partial charge in [-0.2, -0.15) is 0 Å². The van der Waals surface area contributed by atoms with Gasteiger partial charge in [-0.05, 0) is 26.2 Å². The Morgan fingerprint density at radius 1 is 1.62 bits per heavy atom. The van der Waals surface area contributed by atoms with E-state index in [9.17, 15) is 4.79 Å². The van der Waals surface area contributed by atoms with E-state index < -0.39 is 5.97 Å². The van der Waals surface area contributed by atoms with E-state index in [4.69, 9.17) is 5.11 Å². The first kappa shape index (κ1) is 8.29. The van der Waals surface area contributed by atoms with Crippen molar-refractivity contribution < 1.29 is 9.90 Å². The summed E-state index contributed by atoms with van der Waals surface area (Å²) in [7, 11) is 0. The summed E-state index contributed by atoms with van der Waals surface area (Å²) >= 11 is 0. The van der Waals surface area contributed by atoms with Gasteiger partial charge in [0.25, 0.3) is 0 Å². The number of hydrogen-bond donors (Lipinski definition) is 1. The van der Waals surface area contributed by atoms with Gasteiger partial charge in [-0.15, -0.1) is 0 Å². The monoisotopic (exact) mass is 180 g/mol. The van der Waals surface area contributed by atoms with Crippen molar-refractivity contribution in [3.8, 4) is 0 Å². The summed E-state index contributed by atoms with van der Waals surface area (Å²) in [5, 5.41) is 8.69. The Labute approximate surface area is 76.2 Å². The fourth-order valence-corrected chi connectivity index (χ4v) is 1.92. The van der Waals surface area contributed by atoms with Crippen LogP contribution in [-0.2, 0) is 24.2 Å². The van der Waals surface area contributed by atoms with Crippen molar-refractivity contribution in [2.75, 3.05) is 0 Å². The van der Waals surface area contributed by atoms with Crippen LogP contribution in [0, 0.1) is 6.92 Å². The Morgan fingerprint density at radius 3 is 3.08 bits per heavy atom. The van der Waals surface area contributed by atoms with Gasteiger partial charge in [0, 0.05) is 5.69 Å². The standard InChI is InChI=1S/C9H12N2O2/c1-6-10-7-3-2-4-8(7)11(6)5-9(12)13/h2-5H2,1H3,(H,12,13). The second-order valence-corrected chi connectivity index (χ2v) is 3.39. The third-order valence-electron chi connectivity index (χ3n) is 2.47. The SMILES string of the molecule is Cc1nc2c(n1CC(=O)O)CCC2. The van der Waals surface area contributed by atoms with Crippen molar-refractivity contribution in [1.82, 2.24) is 9.55 Å². The molecule has 4 heteroatoms. The summed E-state index contributed by atoms with van der Waals surface area (Å²) in [4.78, 5) is 14.9. The summed E-state index contributed by atoms with van der Waals surface area (Å²) in [6.07, 6.45) is 3.09. The molecule has 0 bridgehead atoms. The highest BCUT2D eigenvalue weighted by molar-refractivity contribution is 5.66. The fourth-order valence-electron chi connectivity index (χ4n) is 1.92. The summed E-state index contributed by atoms with van der Waals surface area (Å²) in [5.74, 6) is 0.0299. The lowest BCUT2D eigenvalue weighted by Gasteiger charge is -2.04. The smallest absolute Gasteiger partial charge is 0.323 e. The zero-order valence-electron chi connectivity index (χ0n) is 7.58. The van der Waals surface area contributed by atoms with Crippen molar-refractivity contribution in [1.29, 1.82) is 0 Å². The van der Waals surface area contributed by atoms with Crippen molar-refractivity contribution in [2.45, 2.75) is 32.7 Å². The minimum atomic E-state index is -0.796. The second-order valence-electron chi connectivity index (χ2n) is 3.39. The van der Waals surface area contributed by atoms with E-state index in [1.54, 1.807) is 0 Å². The number of aromatic nitrogens is 2. The van der Waals surface area contributed by atoms with Gasteiger partial charge in [0.05, 0.1) is 5.69 Å². The highest BCUT2D eigenvalue weighted by Gasteiger charge is 2.20. The normalized spacial score (nSPS) is 14.5. The number of rotatable bonds is 2. The topological polar surface area (TPSA) is 55.1 Å². The van der Waals surface area contributed by atoms with Gasteiger partial charge in [0.2, 0.25) is 0 Å². The summed E-state index contributed by atoms with van der Waals surface area (Å²) in [6.45, 7) is 1.91. The molecule has 1 N–H and O–H groups in total. The summed E-state index contributed by atoms with van der Waals surface area (Å²) < 4.78 is 1.81. The Morgan fingerprint density at radius 2 is 2.38 bits per heavy atom. The number of fused-ring (bicyclic) bond motifs is 1. The average Bonchev–Trinajstić information content (AvgIpc) is 2.55. The van der Waals surface area contributed by atoms with Crippen molar-refractivity contribution in [3.63, 3.8) is 0 Å². The van der Waals surface area contributed by atoms with Crippen LogP contribution in [0.1, 0.15) is 23.6 Å². The maximum Gasteiger partial charge on any atom is 0.323 e. The van der Waals surface area contributed by atoms with E-state index >= 15 is 0 Å². The highest BCUT2D eigenvalue weighted by Crippen LogP contribution is 2.22. The van der Waals surface area contributed by atoms with Gasteiger partial charge in [0.1, 0.15) is 12.4 Å². The third kappa shape index (κ3) is 1.32. The first-order chi connectivity index (χ1) is 6.18. The summed E-state index contributed by atoms with van der Waals surface area (Å²) in [6, 6.07) is 0. The zero-order chi connectivity index (χ0) is 9.42. The number of aliphatic carboxylic acids is 1. The molecule has 0 amide bonds. The molecule has 13 heavy (non-hydrogen) atoms. The predicted molar refractivity (Wildman–Crippen MR) is 46.6 cm³/mol. The van der Waals surface area contributed by atoms with Crippen LogP contribution in [0.25, 0.3) is 0 Å². The minimum absolute atomic E-state index is 0.0498. The summed E-state index contributed by atoms with van der Waals surface area (Å²) in [5.41, 5.74) is 2.22. The van der Waals surface area contributed by atoms with Crippen LogP contribution in [0.2, 0.25) is 0 Å². The molecule has 2 rings (SSSR count). The van der Waals surface area contributed by atoms with Crippen LogP contribution in [0.15, 0.2) is 0 Å². The maximum atomic E-state index is 10.6. The van der Waals surface area contributed by atoms with Crippen LogP contribution in [0.3, 0.4) is 0 Å². The first-order valence-electron chi connectivity index (χ1n) is 4.45. The Kier molecular flexibility index (Phi) is 1.83. The lowest BCUT2D eigenvalue weighted by molar-refractivity contribution is -0.137. The number of aryl methyl sites for hydroxylation is 2. The maximum absolute atomic E-state index is 10.6. The molecule has 0 saturated carbocycles. The Balaban J connectivity index is 2.38. The Bertz CT molecular complexity index is 355. The molecule has 0 radical (unpaired) electrons. The number of carboxylic acid groups (broad SMARTS) is 1. The second kappa shape index (κ2) is 2.87. The molecule has 0 aliphatic heterocycles. The molecule has 1 aromatic rings. The highest BCUT2D eigenvalue weighted by atomic mass is 16.4. The van der Waals surface area contributed by atoms with Gasteiger partial charge >= 0.3 is 5.97 Å². The minimum Gasteiger partial charge on any atom is -0.480 e. The molecule has 1 heterocycles. The van der Waals surface area contributed by atoms with E-state index in [-0.39, 0.29) is 6.54 Å². The molecule has 1 aliphatic carbocycles. The van der Waals surface area contributed by atoms with Gasteiger partial charge in [-0.25, -0.2) is 4.98 Å². The largest absolute Gasteiger partial charge is 0.480 e. The quantitative estimate of drug-likeness (QED) is 0.731. The van der Waals surface area contributed by atoms with Crippen molar-refractivity contribution in [2.24, 2.45) is 0 Å². The fraction of sp³-hybridized carbons (Fsp3) is 0.556. The van der Waals surface area contributed by atoms with E-state index in [1.807, 2.05) is 11.5 Å². The molecule has 0 saturated heterocycles. The van der Waals surface area contributed by atoms with Crippen LogP contribution >= 0.6 is 0 Å². The van der Waals surface area contributed by atoms with E-state index in [1.165, 1.54) is 0 Å². The van der Waals surface area contributed by atoms with Gasteiger partial charge in [-0.3, -0.25) is 4.79 Å². The first-order valence-corrected chi connectivity index (χ1v) is 4.45. The molecular formula is C9H12N2O2. The number of imidazole rings is 1. The average molecular weight is 180 g/mol. The lowest BCUT2D eigenvalue weighted by Crippen LogP contribution is -2.12. The van der Waals surface area contributed by atoms with Crippen molar-refractivity contribution >= 4 is 5.97 Å². The molecule has 4 nitrogen and oxygen atoms in total. The molecule has 1 aromatic heterocycles. The van der Waals surface area contributed by atoms with Gasteiger partial charge < -0.3 is 9.67 Å². The molecule has 0 spiro atoms. The molecule has 0 fully saturated rings.